The molecule has 188 valence electrons. The van der Waals surface area contributed by atoms with Gasteiger partial charge in [0, 0.05) is 19.4 Å². The summed E-state index contributed by atoms with van der Waals surface area (Å²) >= 11 is 0. The van der Waals surface area contributed by atoms with Gasteiger partial charge in [0.05, 0.1) is 20.3 Å². The summed E-state index contributed by atoms with van der Waals surface area (Å²) in [7, 11) is 1.58. The molecule has 1 N–H and O–H groups in total. The quantitative estimate of drug-likeness (QED) is 0.583. The fourth-order valence-corrected chi connectivity index (χ4v) is 4.02. The smallest absolute Gasteiger partial charge is 0.303 e. The van der Waals surface area contributed by atoms with E-state index in [9.17, 15) is 14.7 Å². The van der Waals surface area contributed by atoms with Gasteiger partial charge in [-0.05, 0) is 29.8 Å². The van der Waals surface area contributed by atoms with Gasteiger partial charge in [0.25, 0.3) is 0 Å². The first-order valence-corrected chi connectivity index (χ1v) is 11.1. The Kier molecular flexibility index (Phi) is 7.86. The first-order chi connectivity index (χ1) is 16.8. The maximum absolute atomic E-state index is 12.0. The Balaban J connectivity index is 1.55. The molecule has 0 aliphatic carbocycles. The van der Waals surface area contributed by atoms with E-state index < -0.39 is 48.9 Å². The van der Waals surface area contributed by atoms with E-state index in [0.717, 1.165) is 5.56 Å². The number of phenols is 1. The van der Waals surface area contributed by atoms with Crippen molar-refractivity contribution in [3.8, 4) is 11.5 Å². The Morgan fingerprint density at radius 1 is 0.943 bits per heavy atom. The number of rotatable bonds is 7. The zero-order valence-electron chi connectivity index (χ0n) is 19.6. The van der Waals surface area contributed by atoms with Crippen LogP contribution < -0.4 is 4.74 Å². The third-order valence-corrected chi connectivity index (χ3v) is 5.63. The molecule has 10 nitrogen and oxygen atoms in total. The summed E-state index contributed by atoms with van der Waals surface area (Å²) in [4.78, 5) is 23.9. The van der Waals surface area contributed by atoms with E-state index in [1.165, 1.54) is 26.0 Å². The summed E-state index contributed by atoms with van der Waals surface area (Å²) in [5.41, 5.74) is 1.50. The second kappa shape index (κ2) is 11.0. The van der Waals surface area contributed by atoms with Crippen molar-refractivity contribution in [1.29, 1.82) is 0 Å². The highest BCUT2D eigenvalue weighted by atomic mass is 16.8. The molecular formula is C25H28O10. The topological polar surface area (TPSA) is 119 Å². The summed E-state index contributed by atoms with van der Waals surface area (Å²) in [6.45, 7) is 2.78. The molecule has 2 aromatic rings. The van der Waals surface area contributed by atoms with Crippen LogP contribution in [0.1, 0.15) is 31.3 Å². The number of carbonyl (C=O) groups is 2. The molecule has 10 heteroatoms. The molecule has 0 bridgehead atoms. The fraction of sp³-hybridized carbons (Fsp3) is 0.440. The molecule has 6 atom stereocenters. The molecule has 2 saturated heterocycles. The molecule has 4 rings (SSSR count). The van der Waals surface area contributed by atoms with Crippen molar-refractivity contribution < 1.29 is 47.9 Å². The molecule has 35 heavy (non-hydrogen) atoms. The molecule has 0 aromatic heterocycles. The Morgan fingerprint density at radius 2 is 1.60 bits per heavy atom. The monoisotopic (exact) mass is 488 g/mol. The van der Waals surface area contributed by atoms with Crippen LogP contribution in [0.2, 0.25) is 0 Å². The van der Waals surface area contributed by atoms with Crippen LogP contribution >= 0.6 is 0 Å². The minimum Gasteiger partial charge on any atom is -0.508 e. The minimum absolute atomic E-state index is 0.105. The lowest BCUT2D eigenvalue weighted by Crippen LogP contribution is -2.64. The van der Waals surface area contributed by atoms with Crippen LogP contribution in [-0.4, -0.2) is 61.5 Å². The van der Waals surface area contributed by atoms with E-state index in [1.54, 1.807) is 31.4 Å². The third kappa shape index (κ3) is 6.09. The number of hydrogen-bond donors (Lipinski definition) is 1. The number of phenolic OH excluding ortho intramolecular Hbond substituents is 1. The van der Waals surface area contributed by atoms with Gasteiger partial charge in [0.15, 0.2) is 24.8 Å². The van der Waals surface area contributed by atoms with Crippen LogP contribution in [0.4, 0.5) is 0 Å². The average molecular weight is 488 g/mol. The van der Waals surface area contributed by atoms with Gasteiger partial charge in [0.2, 0.25) is 0 Å². The first kappa shape index (κ1) is 24.9. The highest BCUT2D eigenvalue weighted by Crippen LogP contribution is 2.37. The number of aromatic hydroxyl groups is 1. The molecule has 2 aromatic carbocycles. The molecule has 2 aliphatic rings. The van der Waals surface area contributed by atoms with E-state index in [4.69, 9.17) is 33.2 Å². The summed E-state index contributed by atoms with van der Waals surface area (Å²) < 4.78 is 40.2. The summed E-state index contributed by atoms with van der Waals surface area (Å²) in [6.07, 6.45) is -5.36. The van der Waals surface area contributed by atoms with Crippen LogP contribution in [0.3, 0.4) is 0 Å². The Bertz CT molecular complexity index is 1010. The SMILES string of the molecule is COc1ccc(CO[C@@H]2O[C@@H]3CO[C@@H](c4ccc(O)cc4)O[C@H]3[C@H](OC(C)=O)[C@H]2OC(C)=O)cc1. The summed E-state index contributed by atoms with van der Waals surface area (Å²) in [5, 5.41) is 9.56. The summed E-state index contributed by atoms with van der Waals surface area (Å²) in [5.74, 6) is -0.349. The van der Waals surface area contributed by atoms with Gasteiger partial charge in [-0.2, -0.15) is 0 Å². The van der Waals surface area contributed by atoms with Gasteiger partial charge in [0.1, 0.15) is 23.7 Å². The number of fused-ring (bicyclic) bond motifs is 1. The van der Waals surface area contributed by atoms with Crippen molar-refractivity contribution >= 4 is 11.9 Å². The van der Waals surface area contributed by atoms with Gasteiger partial charge in [-0.15, -0.1) is 0 Å². The Hall–Kier alpha value is -3.18. The molecular weight excluding hydrogens is 460 g/mol. The maximum atomic E-state index is 12.0. The van der Waals surface area contributed by atoms with Crippen LogP contribution in [0.5, 0.6) is 11.5 Å². The van der Waals surface area contributed by atoms with Crippen molar-refractivity contribution in [2.75, 3.05) is 13.7 Å². The minimum atomic E-state index is -1.07. The van der Waals surface area contributed by atoms with E-state index in [2.05, 4.69) is 0 Å². The summed E-state index contributed by atoms with van der Waals surface area (Å²) in [6, 6.07) is 13.6. The largest absolute Gasteiger partial charge is 0.508 e. The second-order valence-electron chi connectivity index (χ2n) is 8.21. The molecule has 2 fully saturated rings. The Morgan fingerprint density at radius 3 is 2.23 bits per heavy atom. The van der Waals surface area contributed by atoms with Crippen molar-refractivity contribution in [2.45, 2.75) is 57.5 Å². The lowest BCUT2D eigenvalue weighted by molar-refractivity contribution is -0.363. The standard InChI is InChI=1S/C25H28O10/c1-14(26)32-22-21-20(13-31-24(35-21)17-6-8-18(28)9-7-17)34-25(23(22)33-15(2)27)30-12-16-4-10-19(29-3)11-5-16/h4-11,20-25,28H,12-13H2,1-3H3/t20-,21-,22+,23-,24-,25-/m1/s1. The van der Waals surface area contributed by atoms with E-state index in [1.807, 2.05) is 12.1 Å². The highest BCUT2D eigenvalue weighted by Gasteiger charge is 2.53. The van der Waals surface area contributed by atoms with Crippen molar-refractivity contribution in [3.63, 3.8) is 0 Å². The van der Waals surface area contributed by atoms with E-state index >= 15 is 0 Å². The second-order valence-corrected chi connectivity index (χ2v) is 8.21. The first-order valence-electron chi connectivity index (χ1n) is 11.1. The molecule has 2 aliphatic heterocycles. The van der Waals surface area contributed by atoms with Gasteiger partial charge in [-0.1, -0.05) is 24.3 Å². The number of carbonyl (C=O) groups excluding carboxylic acids is 2. The number of benzene rings is 2. The maximum Gasteiger partial charge on any atom is 0.303 e. The van der Waals surface area contributed by atoms with Crippen LogP contribution in [-0.2, 0) is 44.6 Å². The predicted octanol–water partition coefficient (Wildman–Crippen LogP) is 2.62. The zero-order chi connectivity index (χ0) is 24.9. The predicted molar refractivity (Wildman–Crippen MR) is 119 cm³/mol. The van der Waals surface area contributed by atoms with E-state index in [-0.39, 0.29) is 19.0 Å². The van der Waals surface area contributed by atoms with Crippen molar-refractivity contribution in [3.05, 3.63) is 59.7 Å². The molecule has 0 saturated carbocycles. The van der Waals surface area contributed by atoms with Crippen molar-refractivity contribution in [1.82, 2.24) is 0 Å². The third-order valence-electron chi connectivity index (χ3n) is 5.63. The number of ether oxygens (including phenoxy) is 7. The van der Waals surface area contributed by atoms with Gasteiger partial charge in [-0.25, -0.2) is 0 Å². The van der Waals surface area contributed by atoms with Crippen LogP contribution in [0.15, 0.2) is 48.5 Å². The number of methoxy groups -OCH3 is 1. The molecule has 0 unspecified atom stereocenters. The molecule has 0 amide bonds. The number of esters is 2. The Labute approximate surface area is 202 Å². The van der Waals surface area contributed by atoms with Crippen LogP contribution in [0.25, 0.3) is 0 Å². The highest BCUT2D eigenvalue weighted by molar-refractivity contribution is 5.67. The van der Waals surface area contributed by atoms with E-state index in [0.29, 0.717) is 11.3 Å². The lowest BCUT2D eigenvalue weighted by Gasteiger charge is -2.48. The zero-order valence-corrected chi connectivity index (χ0v) is 19.6. The number of hydrogen-bond acceptors (Lipinski definition) is 10. The van der Waals surface area contributed by atoms with Crippen LogP contribution in [0, 0.1) is 0 Å². The van der Waals surface area contributed by atoms with Gasteiger partial charge >= 0.3 is 11.9 Å². The molecule has 0 radical (unpaired) electrons. The molecule has 2 heterocycles. The van der Waals surface area contributed by atoms with Gasteiger partial charge < -0.3 is 38.3 Å². The van der Waals surface area contributed by atoms with Gasteiger partial charge in [-0.3, -0.25) is 9.59 Å². The fourth-order valence-electron chi connectivity index (χ4n) is 4.02. The van der Waals surface area contributed by atoms with Crippen molar-refractivity contribution in [2.24, 2.45) is 0 Å². The normalized spacial score (nSPS) is 28.0. The average Bonchev–Trinajstić information content (AvgIpc) is 2.84. The lowest BCUT2D eigenvalue weighted by atomic mass is 9.97. The molecule has 0 spiro atoms.